The second kappa shape index (κ2) is 6.24. The Hall–Kier alpha value is -1.91. The fourth-order valence-electron chi connectivity index (χ4n) is 2.75. The number of hydrogen-bond acceptors (Lipinski definition) is 3. The van der Waals surface area contributed by atoms with Gasteiger partial charge in [0, 0.05) is 17.3 Å². The highest BCUT2D eigenvalue weighted by Crippen LogP contribution is 2.25. The minimum absolute atomic E-state index is 0.0505. The molecule has 1 saturated heterocycles. The number of likely N-dealkylation sites (tertiary alicyclic amines) is 1. The molecule has 21 heavy (non-hydrogen) atoms. The third-order valence-electron chi connectivity index (χ3n) is 4.09. The third kappa shape index (κ3) is 2.91. The molecule has 2 rings (SSSR count). The first-order chi connectivity index (χ1) is 9.99. The second-order valence-corrected chi connectivity index (χ2v) is 5.39. The summed E-state index contributed by atoms with van der Waals surface area (Å²) >= 11 is 0. The van der Waals surface area contributed by atoms with Gasteiger partial charge in [-0.25, -0.2) is 4.39 Å². The maximum atomic E-state index is 13.5. The van der Waals surface area contributed by atoms with Crippen molar-refractivity contribution in [3.63, 3.8) is 0 Å². The molecule has 0 spiro atoms. The van der Waals surface area contributed by atoms with Crippen molar-refractivity contribution in [2.24, 2.45) is 0 Å². The molecule has 1 aliphatic rings. The zero-order chi connectivity index (χ0) is 15.6. The number of amides is 2. The molecule has 5 heteroatoms. The maximum Gasteiger partial charge on any atom is 0.252 e. The molecular weight excluding hydrogens is 271 g/mol. The van der Waals surface area contributed by atoms with Crippen LogP contribution in [0.2, 0.25) is 0 Å². The van der Waals surface area contributed by atoms with E-state index in [1.54, 1.807) is 19.1 Å². The molecular formula is C16H21FN2O2. The fraction of sp³-hybridized carbons (Fsp3) is 0.500. The van der Waals surface area contributed by atoms with Crippen molar-refractivity contribution in [2.75, 3.05) is 5.32 Å². The van der Waals surface area contributed by atoms with Gasteiger partial charge in [0.1, 0.15) is 11.9 Å². The summed E-state index contributed by atoms with van der Waals surface area (Å²) in [6.45, 7) is 5.58. The molecule has 1 unspecified atom stereocenters. The van der Waals surface area contributed by atoms with Gasteiger partial charge in [0.05, 0.1) is 6.42 Å². The maximum absolute atomic E-state index is 13.5. The van der Waals surface area contributed by atoms with Crippen molar-refractivity contribution in [1.29, 1.82) is 0 Å². The molecule has 1 aliphatic heterocycles. The molecule has 1 heterocycles. The summed E-state index contributed by atoms with van der Waals surface area (Å²) in [5.41, 5.74) is 1.02. The van der Waals surface area contributed by atoms with E-state index in [-0.39, 0.29) is 30.1 Å². The molecule has 1 fully saturated rings. The van der Waals surface area contributed by atoms with Crippen LogP contribution >= 0.6 is 0 Å². The Bertz CT molecular complexity index is 555. The Morgan fingerprint density at radius 3 is 2.62 bits per heavy atom. The van der Waals surface area contributed by atoms with Crippen LogP contribution in [0.5, 0.6) is 0 Å². The van der Waals surface area contributed by atoms with E-state index < -0.39 is 6.04 Å². The molecule has 1 aromatic rings. The largest absolute Gasteiger partial charge is 0.373 e. The summed E-state index contributed by atoms with van der Waals surface area (Å²) in [6, 6.07) is 4.03. The average molecular weight is 292 g/mol. The lowest BCUT2D eigenvalue weighted by Crippen LogP contribution is -2.41. The molecule has 1 N–H and O–H groups in total. The number of nitrogens with zero attached hydrogens (tertiary/aromatic N) is 1. The number of hydrogen-bond donors (Lipinski definition) is 1. The van der Waals surface area contributed by atoms with Crippen LogP contribution in [0.3, 0.4) is 0 Å². The molecule has 0 saturated carbocycles. The number of carbonyl (C=O) groups excluding carboxylic acids is 2. The van der Waals surface area contributed by atoms with Crippen LogP contribution in [0.25, 0.3) is 0 Å². The van der Waals surface area contributed by atoms with Crippen molar-refractivity contribution in [3.05, 3.63) is 29.6 Å². The second-order valence-electron chi connectivity index (χ2n) is 5.39. The Morgan fingerprint density at radius 1 is 1.33 bits per heavy atom. The van der Waals surface area contributed by atoms with Gasteiger partial charge in [-0.3, -0.25) is 14.5 Å². The Morgan fingerprint density at radius 2 is 2.00 bits per heavy atom. The lowest BCUT2D eigenvalue weighted by Gasteiger charge is -2.24. The minimum Gasteiger partial charge on any atom is -0.373 e. The van der Waals surface area contributed by atoms with E-state index in [4.69, 9.17) is 0 Å². The highest BCUT2D eigenvalue weighted by Gasteiger charge is 2.41. The number of carbonyl (C=O) groups is 2. The summed E-state index contributed by atoms with van der Waals surface area (Å²) in [5, 5.41) is 3.01. The summed E-state index contributed by atoms with van der Waals surface area (Å²) in [4.78, 5) is 25.9. The van der Waals surface area contributed by atoms with E-state index in [0.29, 0.717) is 11.3 Å². The number of anilines is 1. The van der Waals surface area contributed by atoms with Crippen molar-refractivity contribution < 1.29 is 14.0 Å². The molecule has 114 valence electrons. The van der Waals surface area contributed by atoms with E-state index in [1.165, 1.54) is 11.0 Å². The van der Waals surface area contributed by atoms with Gasteiger partial charge in [0.25, 0.3) is 5.91 Å². The summed E-state index contributed by atoms with van der Waals surface area (Å²) in [5.74, 6) is -0.689. The minimum atomic E-state index is -0.599. The van der Waals surface area contributed by atoms with Gasteiger partial charge < -0.3 is 5.32 Å². The Labute approximate surface area is 124 Å². The normalized spacial score (nSPS) is 18.7. The van der Waals surface area contributed by atoms with Crippen molar-refractivity contribution >= 4 is 17.5 Å². The number of benzene rings is 1. The fourth-order valence-corrected chi connectivity index (χ4v) is 2.75. The van der Waals surface area contributed by atoms with Crippen LogP contribution in [0, 0.1) is 12.7 Å². The van der Waals surface area contributed by atoms with E-state index in [9.17, 15) is 14.0 Å². The standard InChI is InChI=1S/C16H21FN2O2/c1-4-11(5-2)19-15(20)9-14(16(19)21)18-13-8-6-7-12(17)10(13)3/h6-8,11,14,18H,4-5,9H2,1-3H3. The van der Waals surface area contributed by atoms with E-state index in [2.05, 4.69) is 5.32 Å². The molecule has 0 aliphatic carbocycles. The number of nitrogens with one attached hydrogen (secondary N) is 1. The lowest BCUT2D eigenvalue weighted by molar-refractivity contribution is -0.141. The summed E-state index contributed by atoms with van der Waals surface area (Å²) in [6.07, 6.45) is 1.63. The van der Waals surface area contributed by atoms with Crippen LogP contribution in [0.1, 0.15) is 38.7 Å². The first-order valence-corrected chi connectivity index (χ1v) is 7.37. The van der Waals surface area contributed by atoms with E-state index in [1.807, 2.05) is 13.8 Å². The third-order valence-corrected chi connectivity index (χ3v) is 4.09. The number of rotatable bonds is 5. The number of imide groups is 1. The smallest absolute Gasteiger partial charge is 0.252 e. The van der Waals surface area contributed by atoms with Crippen molar-refractivity contribution in [2.45, 2.75) is 52.1 Å². The van der Waals surface area contributed by atoms with Crippen molar-refractivity contribution in [1.82, 2.24) is 4.90 Å². The van der Waals surface area contributed by atoms with Gasteiger partial charge in [-0.15, -0.1) is 0 Å². The van der Waals surface area contributed by atoms with Gasteiger partial charge >= 0.3 is 0 Å². The quantitative estimate of drug-likeness (QED) is 0.849. The van der Waals surface area contributed by atoms with Crippen LogP contribution in [-0.4, -0.2) is 28.8 Å². The molecule has 1 atom stereocenters. The molecule has 1 aromatic carbocycles. The van der Waals surface area contributed by atoms with Crippen LogP contribution in [0.4, 0.5) is 10.1 Å². The van der Waals surface area contributed by atoms with Crippen LogP contribution < -0.4 is 5.32 Å². The van der Waals surface area contributed by atoms with Gasteiger partial charge in [-0.05, 0) is 31.9 Å². The zero-order valence-corrected chi connectivity index (χ0v) is 12.6. The Kier molecular flexibility index (Phi) is 4.60. The van der Waals surface area contributed by atoms with E-state index in [0.717, 1.165) is 12.8 Å². The van der Waals surface area contributed by atoms with Gasteiger partial charge in [0.15, 0.2) is 0 Å². The van der Waals surface area contributed by atoms with Crippen LogP contribution in [0.15, 0.2) is 18.2 Å². The summed E-state index contributed by atoms with van der Waals surface area (Å²) in [7, 11) is 0. The van der Waals surface area contributed by atoms with Crippen molar-refractivity contribution in [3.8, 4) is 0 Å². The topological polar surface area (TPSA) is 49.4 Å². The molecule has 0 radical (unpaired) electrons. The van der Waals surface area contributed by atoms with Gasteiger partial charge in [-0.1, -0.05) is 19.9 Å². The monoisotopic (exact) mass is 292 g/mol. The lowest BCUT2D eigenvalue weighted by atomic mass is 10.1. The van der Waals surface area contributed by atoms with Crippen LogP contribution in [-0.2, 0) is 9.59 Å². The summed E-state index contributed by atoms with van der Waals surface area (Å²) < 4.78 is 13.5. The molecule has 2 amide bonds. The Balaban J connectivity index is 2.18. The van der Waals surface area contributed by atoms with Gasteiger partial charge in [0.2, 0.25) is 5.91 Å². The number of halogens is 1. The highest BCUT2D eigenvalue weighted by atomic mass is 19.1. The van der Waals surface area contributed by atoms with Gasteiger partial charge in [-0.2, -0.15) is 0 Å². The SMILES string of the molecule is CCC(CC)N1C(=O)CC(Nc2cccc(F)c2C)C1=O. The average Bonchev–Trinajstić information content (AvgIpc) is 2.73. The molecule has 0 bridgehead atoms. The molecule has 0 aromatic heterocycles. The first-order valence-electron chi connectivity index (χ1n) is 7.37. The predicted octanol–water partition coefficient (Wildman–Crippen LogP) is 2.86. The van der Waals surface area contributed by atoms with E-state index >= 15 is 0 Å². The highest BCUT2D eigenvalue weighted by molar-refractivity contribution is 6.07. The predicted molar refractivity (Wildman–Crippen MR) is 79.4 cm³/mol. The first kappa shape index (κ1) is 15.5. The zero-order valence-electron chi connectivity index (χ0n) is 12.6. The molecule has 4 nitrogen and oxygen atoms in total.